The van der Waals surface area contributed by atoms with E-state index in [9.17, 15) is 4.39 Å². The fraction of sp³-hybridized carbons (Fsp3) is 0.333. The second kappa shape index (κ2) is 9.08. The van der Waals surface area contributed by atoms with Crippen LogP contribution in [0.15, 0.2) is 36.7 Å². The molecule has 1 saturated heterocycles. The lowest BCUT2D eigenvalue weighted by Gasteiger charge is -2.29. The minimum atomic E-state index is -0.446. The molecule has 4 heterocycles. The highest BCUT2D eigenvalue weighted by Crippen LogP contribution is 2.31. The van der Waals surface area contributed by atoms with E-state index in [0.29, 0.717) is 16.9 Å². The zero-order valence-electron chi connectivity index (χ0n) is 18.8. The smallest absolute Gasteiger partial charge is 0.173 e. The average Bonchev–Trinajstić information content (AvgIpc) is 3.10. The van der Waals surface area contributed by atoms with Crippen LogP contribution in [0.1, 0.15) is 25.2 Å². The predicted octanol–water partition coefficient (Wildman–Crippen LogP) is 4.96. The van der Waals surface area contributed by atoms with Crippen molar-refractivity contribution in [2.45, 2.75) is 27.7 Å². The van der Waals surface area contributed by atoms with Crippen molar-refractivity contribution in [3.05, 3.63) is 59.7 Å². The number of fused-ring (bicyclic) bond motifs is 2. The van der Waals surface area contributed by atoms with Crippen LogP contribution in [-0.4, -0.2) is 40.5 Å². The molecule has 6 nitrogen and oxygen atoms in total. The third kappa shape index (κ3) is 3.98. The molecule has 1 aliphatic heterocycles. The van der Waals surface area contributed by atoms with E-state index in [1.54, 1.807) is 28.9 Å². The van der Waals surface area contributed by atoms with Gasteiger partial charge >= 0.3 is 0 Å². The molecular formula is C24H28F2N6. The molecule has 8 heteroatoms. The van der Waals surface area contributed by atoms with E-state index in [4.69, 9.17) is 0 Å². The molecule has 32 heavy (non-hydrogen) atoms. The molecule has 3 aromatic heterocycles. The van der Waals surface area contributed by atoms with E-state index in [1.807, 2.05) is 33.8 Å². The van der Waals surface area contributed by atoms with E-state index in [-0.39, 0.29) is 11.5 Å². The highest BCUT2D eigenvalue weighted by Gasteiger charge is 2.17. The molecule has 0 unspecified atom stereocenters. The summed E-state index contributed by atoms with van der Waals surface area (Å²) in [5.74, 6) is -0.448. The number of imidazole rings is 1. The number of nitrogens with zero attached hydrogens (tertiary/aromatic N) is 4. The van der Waals surface area contributed by atoms with E-state index >= 15 is 4.39 Å². The molecule has 4 aromatic rings. The molecule has 5 rings (SSSR count). The Morgan fingerprint density at radius 2 is 1.78 bits per heavy atom. The molecule has 0 aliphatic carbocycles. The Labute approximate surface area is 186 Å². The van der Waals surface area contributed by atoms with Gasteiger partial charge < -0.3 is 15.5 Å². The van der Waals surface area contributed by atoms with Crippen LogP contribution in [-0.2, 0) is 0 Å². The Morgan fingerprint density at radius 3 is 2.53 bits per heavy atom. The lowest BCUT2D eigenvalue weighted by atomic mass is 10.1. The van der Waals surface area contributed by atoms with Gasteiger partial charge in [0.1, 0.15) is 11.6 Å². The van der Waals surface area contributed by atoms with Gasteiger partial charge in [0, 0.05) is 56.0 Å². The summed E-state index contributed by atoms with van der Waals surface area (Å²) in [6.45, 7) is 11.2. The summed E-state index contributed by atoms with van der Waals surface area (Å²) >= 11 is 0. The first kappa shape index (κ1) is 22.0. The third-order valence-corrected chi connectivity index (χ3v) is 5.70. The number of anilines is 3. The normalized spacial score (nSPS) is 13.9. The maximum absolute atomic E-state index is 15.2. The van der Waals surface area contributed by atoms with Crippen LogP contribution in [0.2, 0.25) is 0 Å². The summed E-state index contributed by atoms with van der Waals surface area (Å²) in [6.07, 6.45) is 3.38. The average molecular weight is 439 g/mol. The number of nitrogens with one attached hydrogen (secondary N) is 2. The van der Waals surface area contributed by atoms with Gasteiger partial charge in [-0.2, -0.15) is 0 Å². The Kier molecular flexibility index (Phi) is 6.23. The highest BCUT2D eigenvalue weighted by atomic mass is 19.1. The predicted molar refractivity (Wildman–Crippen MR) is 126 cm³/mol. The molecule has 0 bridgehead atoms. The zero-order valence-corrected chi connectivity index (χ0v) is 18.8. The van der Waals surface area contributed by atoms with Gasteiger partial charge in [0.2, 0.25) is 0 Å². The fourth-order valence-electron chi connectivity index (χ4n) is 3.99. The summed E-state index contributed by atoms with van der Waals surface area (Å²) in [5.41, 5.74) is 3.22. The quantitative estimate of drug-likeness (QED) is 0.474. The zero-order chi connectivity index (χ0) is 22.8. The van der Waals surface area contributed by atoms with E-state index < -0.39 is 5.82 Å². The van der Waals surface area contributed by atoms with Crippen molar-refractivity contribution in [1.29, 1.82) is 0 Å². The molecule has 0 spiro atoms. The van der Waals surface area contributed by atoms with Crippen LogP contribution < -0.4 is 15.5 Å². The number of rotatable bonds is 3. The van der Waals surface area contributed by atoms with Gasteiger partial charge in [-0.1, -0.05) is 13.8 Å². The van der Waals surface area contributed by atoms with Crippen molar-refractivity contribution in [1.82, 2.24) is 19.7 Å². The van der Waals surface area contributed by atoms with Gasteiger partial charge in [-0.05, 0) is 37.4 Å². The fourth-order valence-corrected chi connectivity index (χ4v) is 3.99. The monoisotopic (exact) mass is 438 g/mol. The number of piperazine rings is 1. The third-order valence-electron chi connectivity index (χ3n) is 5.70. The van der Waals surface area contributed by atoms with Gasteiger partial charge in [0.15, 0.2) is 11.5 Å². The van der Waals surface area contributed by atoms with Crippen molar-refractivity contribution in [2.24, 2.45) is 0 Å². The van der Waals surface area contributed by atoms with Gasteiger partial charge in [0.25, 0.3) is 0 Å². The second-order valence-corrected chi connectivity index (χ2v) is 7.60. The minimum absolute atomic E-state index is 0.272. The van der Waals surface area contributed by atoms with Gasteiger partial charge in [-0.15, -0.1) is 0 Å². The van der Waals surface area contributed by atoms with Crippen molar-refractivity contribution in [3.8, 4) is 0 Å². The number of aromatic nitrogens is 3. The molecule has 1 aromatic carbocycles. The first-order valence-electron chi connectivity index (χ1n) is 11.0. The number of pyridine rings is 2. The molecule has 0 saturated carbocycles. The standard InChI is InChI=1S/C22H22F2N6.C2H6/c1-13-14(2)30-12-16(10-19(24)22(30)27-13)28-21-20-15(3-4-26-21)9-17(11-18(20)23)29-7-5-25-6-8-29;1-2/h3-4,9-12,25H,5-8H2,1-2H3,(H,26,28);1-2H3. The lowest BCUT2D eigenvalue weighted by Crippen LogP contribution is -2.43. The number of hydrogen-bond donors (Lipinski definition) is 2. The van der Waals surface area contributed by atoms with Gasteiger partial charge in [-0.25, -0.2) is 18.7 Å². The summed E-state index contributed by atoms with van der Waals surface area (Å²) in [6, 6.07) is 6.68. The maximum atomic E-state index is 15.2. The van der Waals surface area contributed by atoms with E-state index in [1.165, 1.54) is 6.07 Å². The Morgan fingerprint density at radius 1 is 1.03 bits per heavy atom. The molecule has 0 amide bonds. The summed E-state index contributed by atoms with van der Waals surface area (Å²) in [7, 11) is 0. The topological polar surface area (TPSA) is 57.5 Å². The van der Waals surface area contributed by atoms with Gasteiger partial charge in [0.05, 0.1) is 16.8 Å². The first-order valence-corrected chi connectivity index (χ1v) is 11.0. The SMILES string of the molecule is CC.Cc1nc2c(F)cc(Nc3nccc4cc(N5CCNCC5)cc(F)c34)cn2c1C. The second-order valence-electron chi connectivity index (χ2n) is 7.60. The van der Waals surface area contributed by atoms with Crippen LogP contribution in [0.3, 0.4) is 0 Å². The van der Waals surface area contributed by atoms with E-state index in [2.05, 4.69) is 25.5 Å². The molecule has 2 N–H and O–H groups in total. The molecule has 168 valence electrons. The van der Waals surface area contributed by atoms with Crippen molar-refractivity contribution in [2.75, 3.05) is 36.4 Å². The molecule has 0 radical (unpaired) electrons. The molecule has 1 aliphatic rings. The van der Waals surface area contributed by atoms with Crippen molar-refractivity contribution in [3.63, 3.8) is 0 Å². The summed E-state index contributed by atoms with van der Waals surface area (Å²) < 4.78 is 31.4. The summed E-state index contributed by atoms with van der Waals surface area (Å²) in [5, 5.41) is 7.53. The van der Waals surface area contributed by atoms with Crippen molar-refractivity contribution >= 4 is 33.6 Å². The number of halogens is 2. The Hall–Kier alpha value is -3.26. The number of benzene rings is 1. The Bertz CT molecular complexity index is 1260. The van der Waals surface area contributed by atoms with Gasteiger partial charge in [-0.3, -0.25) is 4.40 Å². The maximum Gasteiger partial charge on any atom is 0.173 e. The van der Waals surface area contributed by atoms with Crippen LogP contribution in [0, 0.1) is 25.5 Å². The number of aryl methyl sites for hydroxylation is 2. The largest absolute Gasteiger partial charge is 0.369 e. The Balaban J connectivity index is 0.00000119. The highest BCUT2D eigenvalue weighted by molar-refractivity contribution is 5.95. The van der Waals surface area contributed by atoms with E-state index in [0.717, 1.165) is 48.6 Å². The van der Waals surface area contributed by atoms with Crippen LogP contribution >= 0.6 is 0 Å². The molecule has 0 atom stereocenters. The molecular weight excluding hydrogens is 410 g/mol. The molecule has 1 fully saturated rings. The number of hydrogen-bond acceptors (Lipinski definition) is 5. The van der Waals surface area contributed by atoms with Crippen LogP contribution in [0.5, 0.6) is 0 Å². The van der Waals surface area contributed by atoms with Crippen LogP contribution in [0.25, 0.3) is 16.4 Å². The minimum Gasteiger partial charge on any atom is -0.369 e. The first-order chi connectivity index (χ1) is 15.5. The summed E-state index contributed by atoms with van der Waals surface area (Å²) in [4.78, 5) is 10.7. The van der Waals surface area contributed by atoms with Crippen LogP contribution in [0.4, 0.5) is 26.0 Å². The lowest BCUT2D eigenvalue weighted by molar-refractivity contribution is 0.586. The van der Waals surface area contributed by atoms with Crippen molar-refractivity contribution < 1.29 is 8.78 Å².